The van der Waals surface area contributed by atoms with Gasteiger partial charge < -0.3 is 25.8 Å². The van der Waals surface area contributed by atoms with Crippen molar-refractivity contribution in [2.24, 2.45) is 5.92 Å². The second kappa shape index (κ2) is 10.1. The fourth-order valence-electron chi connectivity index (χ4n) is 3.53. The minimum absolute atomic E-state index is 0.134. The third kappa shape index (κ3) is 5.43. The molecule has 1 aliphatic rings. The van der Waals surface area contributed by atoms with E-state index in [0.29, 0.717) is 23.2 Å². The molecule has 4 N–H and O–H groups in total. The number of carbonyl (C=O) groups excluding carboxylic acids is 2. The molecule has 10 heteroatoms. The molecule has 0 saturated carbocycles. The number of nitrogens with one attached hydrogen (secondary N) is 4. The summed E-state index contributed by atoms with van der Waals surface area (Å²) in [5, 5.41) is 10.5. The number of fused-ring (bicyclic) bond motifs is 1. The number of carbonyl (C=O) groups is 2. The van der Waals surface area contributed by atoms with Crippen LogP contribution < -0.4 is 20.9 Å². The smallest absolute Gasteiger partial charge is 0.282 e. The molecule has 1 unspecified atom stereocenters. The van der Waals surface area contributed by atoms with Crippen molar-refractivity contribution in [3.05, 3.63) is 41.3 Å². The quantitative estimate of drug-likeness (QED) is 0.388. The Hall–Kier alpha value is -2.98. The van der Waals surface area contributed by atoms with Gasteiger partial charge in [0.1, 0.15) is 5.00 Å². The molecule has 1 aliphatic heterocycles. The lowest BCUT2D eigenvalue weighted by atomic mass is 10.1. The minimum Gasteiger partial charge on any atom is -0.360 e. The molecule has 2 aromatic heterocycles. The first-order chi connectivity index (χ1) is 15.5. The van der Waals surface area contributed by atoms with Crippen molar-refractivity contribution in [2.75, 3.05) is 31.1 Å². The van der Waals surface area contributed by atoms with Gasteiger partial charge in [0.05, 0.1) is 17.2 Å². The zero-order valence-electron chi connectivity index (χ0n) is 18.4. The number of para-hydroxylation sites is 2. The Morgan fingerprint density at radius 1 is 1.19 bits per heavy atom. The van der Waals surface area contributed by atoms with Crippen LogP contribution in [0.4, 0.5) is 5.00 Å². The van der Waals surface area contributed by atoms with Crippen molar-refractivity contribution in [3.8, 4) is 0 Å². The van der Waals surface area contributed by atoms with Crippen LogP contribution in [0.2, 0.25) is 0 Å². The number of nitrogens with zero attached hydrogens (tertiary/aromatic N) is 3. The van der Waals surface area contributed by atoms with Crippen LogP contribution in [0.15, 0.2) is 30.5 Å². The average Bonchev–Trinajstić information content (AvgIpc) is 3.45. The highest BCUT2D eigenvalue weighted by Crippen LogP contribution is 2.24. The van der Waals surface area contributed by atoms with Crippen LogP contribution in [0.25, 0.3) is 11.0 Å². The molecule has 0 bridgehead atoms. The number of aromatic nitrogens is 3. The summed E-state index contributed by atoms with van der Waals surface area (Å²) >= 11 is 1.35. The molecular formula is C22H29N7O2S. The SMILES string of the molecule is CC(C)CCC(=O)NC(NC(=O)c1ncc(N2CCNCC2)s1)c1nc2ccccc2[nH]1. The van der Waals surface area contributed by atoms with Crippen molar-refractivity contribution >= 4 is 39.2 Å². The molecule has 0 radical (unpaired) electrons. The summed E-state index contributed by atoms with van der Waals surface area (Å²) in [6.07, 6.45) is 2.12. The van der Waals surface area contributed by atoms with Gasteiger partial charge in [-0.2, -0.15) is 0 Å². The average molecular weight is 456 g/mol. The van der Waals surface area contributed by atoms with Gasteiger partial charge in [0.15, 0.2) is 17.0 Å². The van der Waals surface area contributed by atoms with Gasteiger partial charge in [-0.25, -0.2) is 9.97 Å². The number of imidazole rings is 1. The van der Waals surface area contributed by atoms with Crippen LogP contribution in [0, 0.1) is 5.92 Å². The first-order valence-corrected chi connectivity index (χ1v) is 11.8. The van der Waals surface area contributed by atoms with Crippen LogP contribution >= 0.6 is 11.3 Å². The summed E-state index contributed by atoms with van der Waals surface area (Å²) < 4.78 is 0. The van der Waals surface area contributed by atoms with Crippen LogP contribution in [0.5, 0.6) is 0 Å². The lowest BCUT2D eigenvalue weighted by molar-refractivity contribution is -0.122. The van der Waals surface area contributed by atoms with Gasteiger partial charge in [-0.05, 0) is 24.5 Å². The fourth-order valence-corrected chi connectivity index (χ4v) is 4.40. The molecular weight excluding hydrogens is 426 g/mol. The largest absolute Gasteiger partial charge is 0.360 e. The minimum atomic E-state index is -0.777. The lowest BCUT2D eigenvalue weighted by Crippen LogP contribution is -2.43. The van der Waals surface area contributed by atoms with E-state index < -0.39 is 6.17 Å². The number of piperazine rings is 1. The van der Waals surface area contributed by atoms with E-state index in [1.807, 2.05) is 24.3 Å². The highest BCUT2D eigenvalue weighted by Gasteiger charge is 2.24. The number of hydrogen-bond donors (Lipinski definition) is 4. The van der Waals surface area contributed by atoms with Gasteiger partial charge in [-0.15, -0.1) is 0 Å². The third-order valence-corrected chi connectivity index (χ3v) is 6.38. The molecule has 1 atom stereocenters. The van der Waals surface area contributed by atoms with E-state index in [1.54, 1.807) is 6.20 Å². The number of aromatic amines is 1. The maximum Gasteiger partial charge on any atom is 0.282 e. The van der Waals surface area contributed by atoms with E-state index in [2.05, 4.69) is 49.6 Å². The molecule has 0 spiro atoms. The first-order valence-electron chi connectivity index (χ1n) is 11.0. The highest BCUT2D eigenvalue weighted by atomic mass is 32.1. The second-order valence-electron chi connectivity index (χ2n) is 8.29. The summed E-state index contributed by atoms with van der Waals surface area (Å²) in [4.78, 5) is 39.9. The summed E-state index contributed by atoms with van der Waals surface area (Å²) in [7, 11) is 0. The fraction of sp³-hybridized carbons (Fsp3) is 0.455. The Bertz CT molecular complexity index is 1040. The van der Waals surface area contributed by atoms with Crippen LogP contribution in [0.1, 0.15) is 48.5 Å². The van der Waals surface area contributed by atoms with Gasteiger partial charge in [0, 0.05) is 32.6 Å². The molecule has 1 fully saturated rings. The molecule has 4 rings (SSSR count). The molecule has 0 aliphatic carbocycles. The predicted molar refractivity (Wildman–Crippen MR) is 126 cm³/mol. The summed E-state index contributed by atoms with van der Waals surface area (Å²) in [5.74, 6) is 0.422. The van der Waals surface area contributed by atoms with Crippen LogP contribution in [-0.2, 0) is 4.79 Å². The van der Waals surface area contributed by atoms with E-state index >= 15 is 0 Å². The maximum absolute atomic E-state index is 13.0. The molecule has 32 heavy (non-hydrogen) atoms. The first kappa shape index (κ1) is 22.2. The molecule has 3 aromatic rings. The summed E-state index contributed by atoms with van der Waals surface area (Å²) in [5.41, 5.74) is 1.61. The second-order valence-corrected chi connectivity index (χ2v) is 9.30. The van der Waals surface area contributed by atoms with Gasteiger partial charge in [-0.3, -0.25) is 9.59 Å². The maximum atomic E-state index is 13.0. The summed E-state index contributed by atoms with van der Waals surface area (Å²) in [6.45, 7) is 7.74. The number of rotatable bonds is 8. The third-order valence-electron chi connectivity index (χ3n) is 5.33. The van der Waals surface area contributed by atoms with Crippen molar-refractivity contribution in [1.82, 2.24) is 30.9 Å². The molecule has 3 heterocycles. The molecule has 1 aromatic carbocycles. The van der Waals surface area contributed by atoms with Crippen LogP contribution in [-0.4, -0.2) is 52.9 Å². The molecule has 170 valence electrons. The van der Waals surface area contributed by atoms with E-state index in [4.69, 9.17) is 0 Å². The normalized spacial score (nSPS) is 15.2. The predicted octanol–water partition coefficient (Wildman–Crippen LogP) is 2.41. The number of anilines is 1. The van der Waals surface area contributed by atoms with Crippen molar-refractivity contribution in [3.63, 3.8) is 0 Å². The van der Waals surface area contributed by atoms with E-state index in [-0.39, 0.29) is 11.8 Å². The monoisotopic (exact) mass is 455 g/mol. The standard InChI is InChI=1S/C22H29N7O2S/c1-14(2)7-8-17(30)27-20(19-25-15-5-3-4-6-16(15)26-19)28-21(31)22-24-13-18(32-22)29-11-9-23-10-12-29/h3-6,13-14,20,23H,7-12H2,1-2H3,(H,25,26)(H,27,30)(H,28,31). The number of thiazole rings is 1. The van der Waals surface area contributed by atoms with E-state index in [9.17, 15) is 9.59 Å². The van der Waals surface area contributed by atoms with Crippen LogP contribution in [0.3, 0.4) is 0 Å². The number of amides is 2. The van der Waals surface area contributed by atoms with Gasteiger partial charge in [0.25, 0.3) is 5.91 Å². The molecule has 1 saturated heterocycles. The summed E-state index contributed by atoms with van der Waals surface area (Å²) in [6, 6.07) is 7.60. The van der Waals surface area contributed by atoms with E-state index in [1.165, 1.54) is 11.3 Å². The Labute approximate surface area is 191 Å². The zero-order valence-corrected chi connectivity index (χ0v) is 19.2. The zero-order chi connectivity index (χ0) is 22.5. The number of H-pyrrole nitrogens is 1. The number of hydrogen-bond acceptors (Lipinski definition) is 7. The number of benzene rings is 1. The van der Waals surface area contributed by atoms with Crippen molar-refractivity contribution < 1.29 is 9.59 Å². The highest BCUT2D eigenvalue weighted by molar-refractivity contribution is 7.17. The topological polar surface area (TPSA) is 115 Å². The van der Waals surface area contributed by atoms with Gasteiger partial charge in [-0.1, -0.05) is 37.3 Å². The van der Waals surface area contributed by atoms with Gasteiger partial charge in [0.2, 0.25) is 5.91 Å². The van der Waals surface area contributed by atoms with Crippen molar-refractivity contribution in [2.45, 2.75) is 32.9 Å². The van der Waals surface area contributed by atoms with Crippen molar-refractivity contribution in [1.29, 1.82) is 0 Å². The van der Waals surface area contributed by atoms with Gasteiger partial charge >= 0.3 is 0 Å². The lowest BCUT2D eigenvalue weighted by Gasteiger charge is -2.27. The Kier molecular flexibility index (Phi) is 7.01. The Morgan fingerprint density at radius 3 is 2.72 bits per heavy atom. The van der Waals surface area contributed by atoms with E-state index in [0.717, 1.165) is 48.6 Å². The molecule has 9 nitrogen and oxygen atoms in total. The Balaban J connectivity index is 1.50. The Morgan fingerprint density at radius 2 is 1.97 bits per heavy atom. The molecule has 2 amide bonds.